The van der Waals surface area contributed by atoms with Crippen LogP contribution in [0.15, 0.2) is 18.2 Å². The largest absolute Gasteiger partial charge is 0.495 e. The molecule has 2 atom stereocenters. The molecule has 1 fully saturated rings. The van der Waals surface area contributed by atoms with E-state index >= 15 is 0 Å². The summed E-state index contributed by atoms with van der Waals surface area (Å²) in [5.41, 5.74) is 1.75. The lowest BCUT2D eigenvalue weighted by molar-refractivity contribution is 0.383. The standard InChI is InChI=1S/C16H22N2OS/c1-19-15-8-7-12(9-13(15)10-17)11-18-14-5-3-4-6-16(14)20-2/h7-9,14,16,18H,3-6,11H2,1-2H3. The molecular weight excluding hydrogens is 268 g/mol. The van der Waals surface area contributed by atoms with Crippen LogP contribution < -0.4 is 10.1 Å². The van der Waals surface area contributed by atoms with Gasteiger partial charge < -0.3 is 10.1 Å². The van der Waals surface area contributed by atoms with E-state index in [9.17, 15) is 0 Å². The molecule has 2 rings (SSSR count). The van der Waals surface area contributed by atoms with Gasteiger partial charge in [-0.2, -0.15) is 17.0 Å². The number of nitrogens with zero attached hydrogens (tertiary/aromatic N) is 1. The molecule has 4 heteroatoms. The van der Waals surface area contributed by atoms with Crippen molar-refractivity contribution in [3.63, 3.8) is 0 Å². The van der Waals surface area contributed by atoms with Crippen molar-refractivity contribution < 1.29 is 4.74 Å². The first-order valence-corrected chi connectivity index (χ1v) is 8.40. The third-order valence-corrected chi connectivity index (χ3v) is 5.13. The summed E-state index contributed by atoms with van der Waals surface area (Å²) in [5.74, 6) is 0.649. The maximum absolute atomic E-state index is 9.12. The lowest BCUT2D eigenvalue weighted by Gasteiger charge is -2.31. The number of rotatable bonds is 5. The van der Waals surface area contributed by atoms with Crippen LogP contribution in [0.4, 0.5) is 0 Å². The third-order valence-electron chi connectivity index (χ3n) is 3.96. The summed E-state index contributed by atoms with van der Waals surface area (Å²) in [7, 11) is 1.60. The van der Waals surface area contributed by atoms with Crippen molar-refractivity contribution in [2.24, 2.45) is 0 Å². The second-order valence-electron chi connectivity index (χ2n) is 5.19. The highest BCUT2D eigenvalue weighted by Crippen LogP contribution is 2.27. The zero-order valence-corrected chi connectivity index (χ0v) is 13.0. The zero-order chi connectivity index (χ0) is 14.4. The Kier molecular flexibility index (Phi) is 5.75. The fraction of sp³-hybridized carbons (Fsp3) is 0.562. The predicted octanol–water partition coefficient (Wildman–Crippen LogP) is 3.33. The first-order chi connectivity index (χ1) is 9.78. The Labute approximate surface area is 125 Å². The van der Waals surface area contributed by atoms with Crippen LogP contribution in [0, 0.1) is 11.3 Å². The molecular formula is C16H22N2OS. The van der Waals surface area contributed by atoms with Gasteiger partial charge in [0.2, 0.25) is 0 Å². The van der Waals surface area contributed by atoms with E-state index in [1.165, 1.54) is 25.7 Å². The first kappa shape index (κ1) is 15.2. The van der Waals surface area contributed by atoms with Crippen molar-refractivity contribution >= 4 is 11.8 Å². The Balaban J connectivity index is 1.98. The van der Waals surface area contributed by atoms with Gasteiger partial charge in [-0.1, -0.05) is 18.9 Å². The third kappa shape index (κ3) is 3.68. The summed E-state index contributed by atoms with van der Waals surface area (Å²) in [6.45, 7) is 0.820. The van der Waals surface area contributed by atoms with E-state index in [2.05, 4.69) is 17.6 Å². The fourth-order valence-corrected chi connectivity index (χ4v) is 3.78. The molecule has 2 unspecified atom stereocenters. The van der Waals surface area contributed by atoms with Gasteiger partial charge >= 0.3 is 0 Å². The molecule has 108 valence electrons. The van der Waals surface area contributed by atoms with Crippen molar-refractivity contribution in [1.29, 1.82) is 5.26 Å². The van der Waals surface area contributed by atoms with Crippen LogP contribution >= 0.6 is 11.8 Å². The van der Waals surface area contributed by atoms with Crippen molar-refractivity contribution in [2.45, 2.75) is 43.5 Å². The molecule has 3 nitrogen and oxygen atoms in total. The van der Waals surface area contributed by atoms with Gasteiger partial charge in [0.05, 0.1) is 12.7 Å². The van der Waals surface area contributed by atoms with E-state index in [0.29, 0.717) is 17.4 Å². The van der Waals surface area contributed by atoms with Crippen LogP contribution in [0.3, 0.4) is 0 Å². The lowest BCUT2D eigenvalue weighted by atomic mass is 9.94. The van der Waals surface area contributed by atoms with E-state index < -0.39 is 0 Å². The van der Waals surface area contributed by atoms with Crippen LogP contribution in [0.5, 0.6) is 5.75 Å². The average Bonchev–Trinajstić information content (AvgIpc) is 2.52. The topological polar surface area (TPSA) is 45.0 Å². The maximum atomic E-state index is 9.12. The summed E-state index contributed by atoms with van der Waals surface area (Å²) in [5, 5.41) is 13.5. The van der Waals surface area contributed by atoms with Gasteiger partial charge in [-0.15, -0.1) is 0 Å². The summed E-state index contributed by atoms with van der Waals surface area (Å²) in [4.78, 5) is 0. The van der Waals surface area contributed by atoms with E-state index in [4.69, 9.17) is 10.00 Å². The number of nitriles is 1. The Hall–Kier alpha value is -1.18. The number of methoxy groups -OCH3 is 1. The molecule has 0 saturated heterocycles. The van der Waals surface area contributed by atoms with E-state index in [-0.39, 0.29) is 0 Å². The molecule has 1 saturated carbocycles. The van der Waals surface area contributed by atoms with Gasteiger partial charge in [-0.3, -0.25) is 0 Å². The average molecular weight is 290 g/mol. The van der Waals surface area contributed by atoms with Crippen LogP contribution in [0.1, 0.15) is 36.8 Å². The summed E-state index contributed by atoms with van der Waals surface area (Å²) in [6, 6.07) is 8.61. The van der Waals surface area contributed by atoms with Crippen LogP contribution in [-0.4, -0.2) is 24.7 Å². The number of nitrogens with one attached hydrogen (secondary N) is 1. The van der Waals surface area contributed by atoms with Crippen molar-refractivity contribution in [1.82, 2.24) is 5.32 Å². The minimum absolute atomic E-state index is 0.589. The first-order valence-electron chi connectivity index (χ1n) is 7.11. The van der Waals surface area contributed by atoms with Gasteiger partial charge in [-0.25, -0.2) is 0 Å². The molecule has 0 radical (unpaired) electrons. The van der Waals surface area contributed by atoms with Crippen LogP contribution in [-0.2, 0) is 6.54 Å². The smallest absolute Gasteiger partial charge is 0.136 e. The second-order valence-corrected chi connectivity index (χ2v) is 6.27. The monoisotopic (exact) mass is 290 g/mol. The molecule has 0 amide bonds. The highest BCUT2D eigenvalue weighted by Gasteiger charge is 2.23. The molecule has 1 aromatic rings. The zero-order valence-electron chi connectivity index (χ0n) is 12.2. The lowest BCUT2D eigenvalue weighted by Crippen LogP contribution is -2.39. The number of ether oxygens (including phenoxy) is 1. The Bertz CT molecular complexity index is 484. The van der Waals surface area contributed by atoms with Crippen LogP contribution in [0.2, 0.25) is 0 Å². The van der Waals surface area contributed by atoms with Gasteiger partial charge in [0, 0.05) is 17.8 Å². The van der Waals surface area contributed by atoms with Crippen molar-refractivity contribution in [3.8, 4) is 11.8 Å². The minimum atomic E-state index is 0.589. The second kappa shape index (κ2) is 7.56. The fourth-order valence-electron chi connectivity index (χ4n) is 2.81. The molecule has 0 aliphatic heterocycles. The van der Waals surface area contributed by atoms with Gasteiger partial charge in [0.25, 0.3) is 0 Å². The quantitative estimate of drug-likeness (QED) is 0.903. The summed E-state index contributed by atoms with van der Waals surface area (Å²) < 4.78 is 5.17. The van der Waals surface area contributed by atoms with Crippen molar-refractivity contribution in [3.05, 3.63) is 29.3 Å². The SMILES string of the molecule is COc1ccc(CNC2CCCCC2SC)cc1C#N. The number of benzene rings is 1. The molecule has 1 aliphatic carbocycles. The van der Waals surface area contributed by atoms with Gasteiger partial charge in [-0.05, 0) is 36.8 Å². The van der Waals surface area contributed by atoms with E-state index in [1.54, 1.807) is 7.11 Å². The molecule has 0 heterocycles. The number of hydrogen-bond acceptors (Lipinski definition) is 4. The molecule has 0 spiro atoms. The molecule has 1 aliphatic rings. The van der Waals surface area contributed by atoms with Crippen molar-refractivity contribution in [2.75, 3.05) is 13.4 Å². The highest BCUT2D eigenvalue weighted by molar-refractivity contribution is 7.99. The minimum Gasteiger partial charge on any atom is -0.495 e. The number of thioether (sulfide) groups is 1. The summed E-state index contributed by atoms with van der Waals surface area (Å²) in [6.07, 6.45) is 7.44. The van der Waals surface area contributed by atoms with E-state index in [1.807, 2.05) is 30.0 Å². The highest BCUT2D eigenvalue weighted by atomic mass is 32.2. The van der Waals surface area contributed by atoms with Gasteiger partial charge in [0.1, 0.15) is 11.8 Å². The molecule has 20 heavy (non-hydrogen) atoms. The number of hydrogen-bond donors (Lipinski definition) is 1. The molecule has 0 bridgehead atoms. The van der Waals surface area contributed by atoms with Crippen LogP contribution in [0.25, 0.3) is 0 Å². The molecule has 0 aromatic heterocycles. The predicted molar refractivity (Wildman–Crippen MR) is 84.1 cm³/mol. The Morgan fingerprint density at radius 2 is 2.20 bits per heavy atom. The Morgan fingerprint density at radius 1 is 1.40 bits per heavy atom. The summed E-state index contributed by atoms with van der Waals surface area (Å²) >= 11 is 1.97. The normalized spacial score (nSPS) is 22.2. The Morgan fingerprint density at radius 3 is 2.90 bits per heavy atom. The molecule has 1 N–H and O–H groups in total. The molecule has 1 aromatic carbocycles. The van der Waals surface area contributed by atoms with E-state index in [0.717, 1.165) is 17.4 Å². The van der Waals surface area contributed by atoms with Gasteiger partial charge in [0.15, 0.2) is 0 Å². The maximum Gasteiger partial charge on any atom is 0.136 e.